The first kappa shape index (κ1) is 19.9. The zero-order valence-electron chi connectivity index (χ0n) is 15.5. The Bertz CT molecular complexity index is 692. The highest BCUT2D eigenvalue weighted by atomic mass is 19.1. The molecule has 0 aromatic heterocycles. The quantitative estimate of drug-likeness (QED) is 0.750. The lowest BCUT2D eigenvalue weighted by Gasteiger charge is -2.32. The fourth-order valence-corrected chi connectivity index (χ4v) is 2.98. The monoisotopic (exact) mass is 364 g/mol. The minimum Gasteiger partial charge on any atom is -0.466 e. The van der Waals surface area contributed by atoms with Crippen LogP contribution in [0.1, 0.15) is 35.7 Å². The topological polar surface area (TPSA) is 66.9 Å². The van der Waals surface area contributed by atoms with Gasteiger partial charge in [0.1, 0.15) is 5.82 Å². The number of nitrogens with zero attached hydrogens (tertiary/aromatic N) is 2. The molecule has 0 spiro atoms. The molecule has 1 aliphatic heterocycles. The van der Waals surface area contributed by atoms with Gasteiger partial charge in [-0.05, 0) is 44.4 Å². The fraction of sp³-hybridized carbons (Fsp3) is 0.526. The Kier molecular flexibility index (Phi) is 6.71. The van der Waals surface area contributed by atoms with Crippen molar-refractivity contribution in [1.29, 1.82) is 0 Å². The molecule has 1 aliphatic rings. The summed E-state index contributed by atoms with van der Waals surface area (Å²) in [7, 11) is 1.50. The number of hydrogen-bond donors (Lipinski definition) is 0. The maximum absolute atomic E-state index is 13.6. The summed E-state index contributed by atoms with van der Waals surface area (Å²) in [6.07, 6.45) is 1.41. The van der Waals surface area contributed by atoms with Crippen LogP contribution in [0.25, 0.3) is 0 Å². The molecule has 1 heterocycles. The van der Waals surface area contributed by atoms with Crippen molar-refractivity contribution in [2.45, 2.75) is 26.7 Å². The van der Waals surface area contributed by atoms with Crippen LogP contribution in [0.2, 0.25) is 0 Å². The zero-order valence-corrected chi connectivity index (χ0v) is 15.5. The van der Waals surface area contributed by atoms with Crippen molar-refractivity contribution < 1.29 is 23.5 Å². The standard InChI is InChI=1S/C19H25FN2O4/c1-4-26-19(25)15-6-5-9-22(11-15)17(23)12-21(3)18(24)14-8-7-13(2)16(20)10-14/h7-8,10,15H,4-6,9,11-12H2,1-3H3. The first-order chi connectivity index (χ1) is 12.3. The van der Waals surface area contributed by atoms with Gasteiger partial charge in [-0.2, -0.15) is 0 Å². The largest absolute Gasteiger partial charge is 0.466 e. The van der Waals surface area contributed by atoms with Crippen LogP contribution in [0.5, 0.6) is 0 Å². The maximum atomic E-state index is 13.6. The molecule has 1 fully saturated rings. The van der Waals surface area contributed by atoms with Crippen molar-refractivity contribution in [3.63, 3.8) is 0 Å². The number of likely N-dealkylation sites (tertiary alicyclic amines) is 1. The molecule has 7 heteroatoms. The molecule has 0 bridgehead atoms. The summed E-state index contributed by atoms with van der Waals surface area (Å²) in [5, 5.41) is 0. The number of piperidine rings is 1. The minimum absolute atomic E-state index is 0.121. The van der Waals surface area contributed by atoms with Crippen LogP contribution in [0.15, 0.2) is 18.2 Å². The highest BCUT2D eigenvalue weighted by Crippen LogP contribution is 2.18. The molecule has 2 rings (SSSR count). The van der Waals surface area contributed by atoms with E-state index in [0.29, 0.717) is 31.7 Å². The lowest BCUT2D eigenvalue weighted by molar-refractivity contribution is -0.151. The molecule has 1 atom stereocenters. The number of likely N-dealkylation sites (N-methyl/N-ethyl adjacent to an activating group) is 1. The van der Waals surface area contributed by atoms with Crippen molar-refractivity contribution in [3.05, 3.63) is 35.1 Å². The van der Waals surface area contributed by atoms with Crippen LogP contribution in [-0.2, 0) is 14.3 Å². The van der Waals surface area contributed by atoms with E-state index in [1.807, 2.05) is 0 Å². The number of esters is 1. The van der Waals surface area contributed by atoms with Gasteiger partial charge in [-0.1, -0.05) is 6.07 Å². The van der Waals surface area contributed by atoms with Crippen molar-refractivity contribution in [2.75, 3.05) is 33.3 Å². The van der Waals surface area contributed by atoms with Crippen LogP contribution in [-0.4, -0.2) is 60.9 Å². The zero-order chi connectivity index (χ0) is 19.3. The highest BCUT2D eigenvalue weighted by molar-refractivity contribution is 5.96. The minimum atomic E-state index is -0.455. The van der Waals surface area contributed by atoms with Crippen LogP contribution in [0, 0.1) is 18.7 Å². The molecular weight excluding hydrogens is 339 g/mol. The lowest BCUT2D eigenvalue weighted by Crippen LogP contribution is -2.47. The Hall–Kier alpha value is -2.44. The SMILES string of the molecule is CCOC(=O)C1CCCN(C(=O)CN(C)C(=O)c2ccc(C)c(F)c2)C1. The van der Waals surface area contributed by atoms with E-state index in [9.17, 15) is 18.8 Å². The van der Waals surface area contributed by atoms with Crippen molar-refractivity contribution in [1.82, 2.24) is 9.80 Å². The van der Waals surface area contributed by atoms with Gasteiger partial charge >= 0.3 is 5.97 Å². The molecule has 0 radical (unpaired) electrons. The second-order valence-corrected chi connectivity index (χ2v) is 6.56. The number of benzene rings is 1. The van der Waals surface area contributed by atoms with Crippen molar-refractivity contribution in [2.24, 2.45) is 5.92 Å². The Morgan fingerprint density at radius 2 is 2.08 bits per heavy atom. The molecule has 0 saturated carbocycles. The number of halogens is 1. The molecule has 2 amide bonds. The Morgan fingerprint density at radius 3 is 2.73 bits per heavy atom. The number of ether oxygens (including phenoxy) is 1. The Balaban J connectivity index is 1.96. The first-order valence-electron chi connectivity index (χ1n) is 8.79. The number of carbonyl (C=O) groups excluding carboxylic acids is 3. The summed E-state index contributed by atoms with van der Waals surface area (Å²) in [6.45, 7) is 4.41. The molecule has 26 heavy (non-hydrogen) atoms. The number of carbonyl (C=O) groups is 3. The molecular formula is C19H25FN2O4. The van der Waals surface area contributed by atoms with E-state index in [0.717, 1.165) is 6.42 Å². The van der Waals surface area contributed by atoms with Gasteiger partial charge in [0.25, 0.3) is 5.91 Å². The molecule has 0 N–H and O–H groups in total. The average molecular weight is 364 g/mol. The highest BCUT2D eigenvalue weighted by Gasteiger charge is 2.30. The first-order valence-corrected chi connectivity index (χ1v) is 8.79. The fourth-order valence-electron chi connectivity index (χ4n) is 2.98. The summed E-state index contributed by atoms with van der Waals surface area (Å²) in [5.74, 6) is -1.72. The van der Waals surface area contributed by atoms with Gasteiger partial charge < -0.3 is 14.5 Å². The number of rotatable bonds is 5. The molecule has 142 valence electrons. The second-order valence-electron chi connectivity index (χ2n) is 6.56. The Morgan fingerprint density at radius 1 is 1.35 bits per heavy atom. The molecule has 1 unspecified atom stereocenters. The van der Waals surface area contributed by atoms with Crippen LogP contribution >= 0.6 is 0 Å². The van der Waals surface area contributed by atoms with Gasteiger partial charge in [-0.25, -0.2) is 4.39 Å². The van der Waals surface area contributed by atoms with Crippen LogP contribution in [0.3, 0.4) is 0 Å². The second kappa shape index (κ2) is 8.78. The summed E-state index contributed by atoms with van der Waals surface area (Å²) < 4.78 is 18.7. The van der Waals surface area contributed by atoms with E-state index < -0.39 is 11.7 Å². The van der Waals surface area contributed by atoms with E-state index in [-0.39, 0.29) is 29.9 Å². The van der Waals surface area contributed by atoms with E-state index in [1.165, 1.54) is 24.1 Å². The third kappa shape index (κ3) is 4.80. The Labute approximate surface area is 152 Å². The van der Waals surface area contributed by atoms with E-state index in [2.05, 4.69) is 0 Å². The molecule has 6 nitrogen and oxygen atoms in total. The normalized spacial score (nSPS) is 16.9. The number of hydrogen-bond acceptors (Lipinski definition) is 4. The van der Waals surface area contributed by atoms with Crippen LogP contribution < -0.4 is 0 Å². The maximum Gasteiger partial charge on any atom is 0.310 e. The third-order valence-electron chi connectivity index (χ3n) is 4.53. The van der Waals surface area contributed by atoms with Gasteiger partial charge in [0.15, 0.2) is 0 Å². The number of aryl methyl sites for hydroxylation is 1. The predicted octanol–water partition coefficient (Wildman–Crippen LogP) is 2.01. The molecule has 1 aromatic carbocycles. The third-order valence-corrected chi connectivity index (χ3v) is 4.53. The van der Waals surface area contributed by atoms with Crippen LogP contribution in [0.4, 0.5) is 4.39 Å². The summed E-state index contributed by atoms with van der Waals surface area (Å²) in [4.78, 5) is 39.6. The van der Waals surface area contributed by atoms with Gasteiger partial charge in [0, 0.05) is 25.7 Å². The van der Waals surface area contributed by atoms with Gasteiger partial charge in [0.05, 0.1) is 19.1 Å². The van der Waals surface area contributed by atoms with Crippen molar-refractivity contribution >= 4 is 17.8 Å². The summed E-state index contributed by atoms with van der Waals surface area (Å²) in [5.41, 5.74) is 0.657. The predicted molar refractivity (Wildman–Crippen MR) is 94.0 cm³/mol. The average Bonchev–Trinajstić information content (AvgIpc) is 2.63. The summed E-state index contributed by atoms with van der Waals surface area (Å²) >= 11 is 0. The summed E-state index contributed by atoms with van der Waals surface area (Å²) in [6, 6.07) is 4.25. The van der Waals surface area contributed by atoms with E-state index in [1.54, 1.807) is 24.8 Å². The molecule has 1 aromatic rings. The van der Waals surface area contributed by atoms with Gasteiger partial charge in [-0.3, -0.25) is 14.4 Å². The van der Waals surface area contributed by atoms with E-state index >= 15 is 0 Å². The van der Waals surface area contributed by atoms with Gasteiger partial charge in [0.2, 0.25) is 5.91 Å². The van der Waals surface area contributed by atoms with E-state index in [4.69, 9.17) is 4.74 Å². The lowest BCUT2D eigenvalue weighted by atomic mass is 9.98. The molecule has 1 saturated heterocycles. The van der Waals surface area contributed by atoms with Gasteiger partial charge in [-0.15, -0.1) is 0 Å². The van der Waals surface area contributed by atoms with Crippen molar-refractivity contribution in [3.8, 4) is 0 Å². The molecule has 0 aliphatic carbocycles. The number of amides is 2. The smallest absolute Gasteiger partial charge is 0.310 e.